The summed E-state index contributed by atoms with van der Waals surface area (Å²) in [5.74, 6) is -0.982. The number of nitrogens with one attached hydrogen (secondary N) is 1. The van der Waals surface area contributed by atoms with Crippen molar-refractivity contribution in [2.75, 3.05) is 12.4 Å². The normalized spacial score (nSPS) is 10.9. The third-order valence-corrected chi connectivity index (χ3v) is 5.90. The van der Waals surface area contributed by atoms with E-state index in [0.717, 1.165) is 6.07 Å². The maximum absolute atomic E-state index is 15.0. The van der Waals surface area contributed by atoms with Crippen molar-refractivity contribution in [1.29, 1.82) is 0 Å². The molecule has 0 unspecified atom stereocenters. The first-order chi connectivity index (χ1) is 18.7. The average molecular weight is 530 g/mol. The predicted octanol–water partition coefficient (Wildman–Crippen LogP) is 5.12. The minimum atomic E-state index is -0.771. The molecule has 39 heavy (non-hydrogen) atoms. The first-order valence-electron chi connectivity index (χ1n) is 11.7. The molecule has 0 radical (unpaired) electrons. The van der Waals surface area contributed by atoms with Gasteiger partial charge in [-0.3, -0.25) is 19.1 Å². The van der Waals surface area contributed by atoms with E-state index in [2.05, 4.69) is 20.3 Å². The first kappa shape index (κ1) is 25.5. The average Bonchev–Trinajstić information content (AvgIpc) is 2.90. The van der Waals surface area contributed by atoms with Crippen molar-refractivity contribution in [2.24, 2.45) is 0 Å². The van der Waals surface area contributed by atoms with Crippen LogP contribution in [0.4, 0.5) is 14.5 Å². The van der Waals surface area contributed by atoms with E-state index in [0.29, 0.717) is 28.3 Å². The Morgan fingerprint density at radius 1 is 0.974 bits per heavy atom. The molecule has 0 aliphatic carbocycles. The molecule has 0 fully saturated rings. The van der Waals surface area contributed by atoms with Crippen molar-refractivity contribution in [3.63, 3.8) is 0 Å². The highest BCUT2D eigenvalue weighted by atomic mass is 19.1. The number of benzene rings is 2. The van der Waals surface area contributed by atoms with Crippen molar-refractivity contribution in [2.45, 2.75) is 13.8 Å². The largest absolute Gasteiger partial charge is 0.495 e. The van der Waals surface area contributed by atoms with Crippen LogP contribution in [0, 0.1) is 25.5 Å². The topological polar surface area (TPSA) is 108 Å². The molecule has 0 spiro atoms. The summed E-state index contributed by atoms with van der Waals surface area (Å²) >= 11 is 0. The highest BCUT2D eigenvalue weighted by Crippen LogP contribution is 2.31. The third-order valence-electron chi connectivity index (χ3n) is 5.90. The zero-order valence-corrected chi connectivity index (χ0v) is 21.0. The van der Waals surface area contributed by atoms with Gasteiger partial charge in [-0.1, -0.05) is 0 Å². The Morgan fingerprint density at radius 2 is 1.74 bits per heavy atom. The lowest BCUT2D eigenvalue weighted by Crippen LogP contribution is -2.32. The summed E-state index contributed by atoms with van der Waals surface area (Å²) in [6.07, 6.45) is 3.00. The first-order valence-corrected chi connectivity index (χ1v) is 11.7. The number of hydrogen-bond donors (Lipinski definition) is 1. The number of aromatic nitrogens is 4. The Kier molecular flexibility index (Phi) is 6.72. The van der Waals surface area contributed by atoms with Gasteiger partial charge in [0, 0.05) is 30.1 Å². The number of nitrogens with zero attached hydrogens (tertiary/aromatic N) is 4. The van der Waals surface area contributed by atoms with Crippen LogP contribution in [0.1, 0.15) is 21.9 Å². The van der Waals surface area contributed by atoms with Crippen LogP contribution in [0.25, 0.3) is 16.7 Å². The lowest BCUT2D eigenvalue weighted by atomic mass is 10.2. The minimum absolute atomic E-state index is 0.0972. The lowest BCUT2D eigenvalue weighted by molar-refractivity contribution is 0.102. The molecular weight excluding hydrogens is 508 g/mol. The number of ether oxygens (including phenoxy) is 2. The molecule has 9 nitrogen and oxygen atoms in total. The Balaban J connectivity index is 1.41. The van der Waals surface area contributed by atoms with Gasteiger partial charge >= 0.3 is 0 Å². The summed E-state index contributed by atoms with van der Waals surface area (Å²) in [6.45, 7) is 3.13. The molecule has 3 heterocycles. The lowest BCUT2D eigenvalue weighted by Gasteiger charge is -2.14. The molecule has 5 rings (SSSR count). The number of fused-ring (bicyclic) bond motifs is 1. The number of hydrogen-bond acceptors (Lipinski definition) is 7. The number of methoxy groups -OCH3 is 1. The molecule has 196 valence electrons. The number of amides is 1. The fourth-order valence-electron chi connectivity index (χ4n) is 4.07. The quantitative estimate of drug-likeness (QED) is 0.325. The molecule has 11 heteroatoms. The smallest absolute Gasteiger partial charge is 0.271 e. The zero-order valence-electron chi connectivity index (χ0n) is 21.0. The van der Waals surface area contributed by atoms with Crippen LogP contribution >= 0.6 is 0 Å². The number of carbonyl (C=O) groups excluding carboxylic acids is 1. The molecule has 2 aromatic carbocycles. The van der Waals surface area contributed by atoms with Crippen LogP contribution in [0.15, 0.2) is 71.8 Å². The van der Waals surface area contributed by atoms with Crippen LogP contribution < -0.4 is 20.3 Å². The van der Waals surface area contributed by atoms with E-state index in [1.54, 1.807) is 19.1 Å². The van der Waals surface area contributed by atoms with E-state index in [4.69, 9.17) is 9.47 Å². The minimum Gasteiger partial charge on any atom is -0.495 e. The van der Waals surface area contributed by atoms with Crippen molar-refractivity contribution in [3.05, 3.63) is 106 Å². The standard InChI is InChI=1S/C28H21F2N5O4/c1-15-25(28(37)35(16(2)33-15)19-7-4-17(29)5-8-19)27(36)34-18-6-9-23(21(30)12-18)39-24-10-11-31-22-13-20(38-3)14-32-26(22)24/h4-14H,1-3H3,(H,34,36). The van der Waals surface area contributed by atoms with Gasteiger partial charge in [-0.15, -0.1) is 0 Å². The van der Waals surface area contributed by atoms with Gasteiger partial charge in [-0.05, 0) is 50.2 Å². The van der Waals surface area contributed by atoms with Crippen molar-refractivity contribution in [1.82, 2.24) is 19.5 Å². The van der Waals surface area contributed by atoms with Crippen LogP contribution in [0.3, 0.4) is 0 Å². The molecule has 5 aromatic rings. The number of aryl methyl sites for hydroxylation is 2. The van der Waals surface area contributed by atoms with Gasteiger partial charge in [-0.2, -0.15) is 0 Å². The van der Waals surface area contributed by atoms with E-state index < -0.39 is 23.1 Å². The van der Waals surface area contributed by atoms with Gasteiger partial charge < -0.3 is 14.8 Å². The van der Waals surface area contributed by atoms with Crippen LogP contribution in [0.2, 0.25) is 0 Å². The van der Waals surface area contributed by atoms with Crippen molar-refractivity contribution >= 4 is 22.6 Å². The molecule has 3 aromatic heterocycles. The maximum Gasteiger partial charge on any atom is 0.271 e. The molecule has 0 atom stereocenters. The van der Waals surface area contributed by atoms with Crippen LogP contribution in [-0.4, -0.2) is 32.5 Å². The second-order valence-corrected chi connectivity index (χ2v) is 8.49. The monoisotopic (exact) mass is 529 g/mol. The molecule has 0 saturated heterocycles. The third kappa shape index (κ3) is 5.01. The van der Waals surface area contributed by atoms with E-state index in [1.807, 2.05) is 0 Å². The number of pyridine rings is 2. The molecule has 0 aliphatic rings. The van der Waals surface area contributed by atoms with Gasteiger partial charge in [0.2, 0.25) is 0 Å². The highest BCUT2D eigenvalue weighted by Gasteiger charge is 2.21. The summed E-state index contributed by atoms with van der Waals surface area (Å²) in [6, 6.07) is 12.3. The fourth-order valence-corrected chi connectivity index (χ4v) is 4.07. The summed E-state index contributed by atoms with van der Waals surface area (Å²) in [5, 5.41) is 2.54. The second kappa shape index (κ2) is 10.3. The zero-order chi connectivity index (χ0) is 27.7. The number of anilines is 1. The number of rotatable bonds is 6. The molecule has 0 saturated carbocycles. The van der Waals surface area contributed by atoms with Gasteiger partial charge in [0.15, 0.2) is 17.3 Å². The van der Waals surface area contributed by atoms with Crippen LogP contribution in [-0.2, 0) is 0 Å². The summed E-state index contributed by atoms with van der Waals surface area (Å²) < 4.78 is 40.5. The molecule has 0 aliphatic heterocycles. The maximum atomic E-state index is 15.0. The molecule has 0 bridgehead atoms. The Bertz CT molecular complexity index is 1790. The van der Waals surface area contributed by atoms with Crippen LogP contribution in [0.5, 0.6) is 17.2 Å². The van der Waals surface area contributed by atoms with E-state index in [1.165, 1.54) is 67.4 Å². The number of carbonyl (C=O) groups is 1. The van der Waals surface area contributed by atoms with Gasteiger partial charge in [-0.25, -0.2) is 18.7 Å². The van der Waals surface area contributed by atoms with E-state index in [-0.39, 0.29) is 28.4 Å². The van der Waals surface area contributed by atoms with Crippen molar-refractivity contribution in [3.8, 4) is 22.9 Å². The Hall–Kier alpha value is -5.19. The summed E-state index contributed by atoms with van der Waals surface area (Å²) in [7, 11) is 1.51. The molecule has 1 N–H and O–H groups in total. The number of halogens is 2. The SMILES string of the molecule is COc1cnc2c(Oc3ccc(NC(=O)c4c(C)nc(C)n(-c5ccc(F)cc5)c4=O)cc3F)ccnc2c1. The molecule has 1 amide bonds. The highest BCUT2D eigenvalue weighted by molar-refractivity contribution is 6.04. The Labute approximate surface area is 220 Å². The van der Waals surface area contributed by atoms with Crippen molar-refractivity contribution < 1.29 is 23.0 Å². The second-order valence-electron chi connectivity index (χ2n) is 8.49. The predicted molar refractivity (Wildman–Crippen MR) is 140 cm³/mol. The van der Waals surface area contributed by atoms with Gasteiger partial charge in [0.25, 0.3) is 11.5 Å². The molecular formula is C28H21F2N5O4. The van der Waals surface area contributed by atoms with E-state index >= 15 is 0 Å². The van der Waals surface area contributed by atoms with E-state index in [9.17, 15) is 18.4 Å². The summed E-state index contributed by atoms with van der Waals surface area (Å²) in [5.41, 5.74) is 0.695. The summed E-state index contributed by atoms with van der Waals surface area (Å²) in [4.78, 5) is 39.1. The Morgan fingerprint density at radius 3 is 2.46 bits per heavy atom. The fraction of sp³-hybridized carbons (Fsp3) is 0.107. The van der Waals surface area contributed by atoms with Gasteiger partial charge in [0.05, 0.1) is 30.2 Å². The van der Waals surface area contributed by atoms with Gasteiger partial charge in [0.1, 0.15) is 28.5 Å².